The Morgan fingerprint density at radius 2 is 1.55 bits per heavy atom. The fraction of sp³-hybridized carbons (Fsp3) is 0.250. The summed E-state index contributed by atoms with van der Waals surface area (Å²) >= 11 is 0. The molecule has 3 aromatic carbocycles. The van der Waals surface area contributed by atoms with Crippen LogP contribution in [-0.4, -0.2) is 47.2 Å². The van der Waals surface area contributed by atoms with Crippen molar-refractivity contribution >= 4 is 34.9 Å². The van der Waals surface area contributed by atoms with Gasteiger partial charge < -0.3 is 9.80 Å². The van der Waals surface area contributed by atoms with E-state index in [4.69, 9.17) is 0 Å². The zero-order valence-corrected chi connectivity index (χ0v) is 21.3. The number of benzene rings is 3. The van der Waals surface area contributed by atoms with Crippen LogP contribution in [0.3, 0.4) is 0 Å². The Labute approximate surface area is 223 Å². The van der Waals surface area contributed by atoms with Gasteiger partial charge in [0.1, 0.15) is 11.5 Å². The molecular formula is C28H25ClF4N4O. The van der Waals surface area contributed by atoms with Crippen molar-refractivity contribution in [3.63, 3.8) is 0 Å². The molecule has 38 heavy (non-hydrogen) atoms. The van der Waals surface area contributed by atoms with E-state index in [1.54, 1.807) is 0 Å². The van der Waals surface area contributed by atoms with E-state index in [2.05, 4.69) is 15.1 Å². The van der Waals surface area contributed by atoms with Crippen LogP contribution < -0.4 is 4.90 Å². The average Bonchev–Trinajstić information content (AvgIpc) is 2.92. The van der Waals surface area contributed by atoms with E-state index in [1.165, 1.54) is 11.9 Å². The van der Waals surface area contributed by atoms with Gasteiger partial charge >= 0.3 is 6.18 Å². The first-order valence-corrected chi connectivity index (χ1v) is 11.9. The highest BCUT2D eigenvalue weighted by Crippen LogP contribution is 2.35. The summed E-state index contributed by atoms with van der Waals surface area (Å²) in [4.78, 5) is 16.4. The van der Waals surface area contributed by atoms with Gasteiger partial charge in [-0.25, -0.2) is 4.39 Å². The molecule has 5 rings (SSSR count). The van der Waals surface area contributed by atoms with Crippen LogP contribution in [0.5, 0.6) is 0 Å². The normalized spacial score (nSPS) is 14.3. The van der Waals surface area contributed by atoms with Gasteiger partial charge in [-0.05, 0) is 31.0 Å². The third-order valence-electron chi connectivity index (χ3n) is 6.86. The highest BCUT2D eigenvalue weighted by Gasteiger charge is 2.37. The molecule has 2 heterocycles. The lowest BCUT2D eigenvalue weighted by atomic mass is 9.99. The number of anilines is 1. The van der Waals surface area contributed by atoms with Crippen molar-refractivity contribution in [3.8, 4) is 11.3 Å². The van der Waals surface area contributed by atoms with Crippen molar-refractivity contribution in [2.45, 2.75) is 25.1 Å². The molecule has 10 heteroatoms. The Hall–Kier alpha value is -3.72. The van der Waals surface area contributed by atoms with Gasteiger partial charge in [0.15, 0.2) is 5.82 Å². The van der Waals surface area contributed by atoms with Gasteiger partial charge in [0.05, 0.1) is 11.1 Å². The summed E-state index contributed by atoms with van der Waals surface area (Å²) in [5.41, 5.74) is -0.0511. The lowest BCUT2D eigenvalue weighted by Crippen LogP contribution is -2.46. The van der Waals surface area contributed by atoms with Crippen LogP contribution >= 0.6 is 12.4 Å². The summed E-state index contributed by atoms with van der Waals surface area (Å²) in [7, 11) is 1.50. The molecule has 0 saturated carbocycles. The predicted molar refractivity (Wildman–Crippen MR) is 141 cm³/mol. The molecule has 1 saturated heterocycles. The SMILES string of the molecule is CN(C(=O)c1ccc(F)cc1C(F)(F)F)C1CCN(c2nnc(-c3ccccc3)c3ccccc23)CC1.Cl. The van der Waals surface area contributed by atoms with Crippen LogP contribution in [0.1, 0.15) is 28.8 Å². The van der Waals surface area contributed by atoms with Gasteiger partial charge in [0.2, 0.25) is 0 Å². The summed E-state index contributed by atoms with van der Waals surface area (Å²) in [5.74, 6) is -1.07. The molecule has 198 valence electrons. The lowest BCUT2D eigenvalue weighted by molar-refractivity contribution is -0.138. The quantitative estimate of drug-likeness (QED) is 0.271. The number of fused-ring (bicyclic) bond motifs is 1. The predicted octanol–water partition coefficient (Wildman–Crippen LogP) is 6.62. The maximum Gasteiger partial charge on any atom is 0.417 e. The van der Waals surface area contributed by atoms with Crippen LogP contribution in [0.4, 0.5) is 23.4 Å². The van der Waals surface area contributed by atoms with Gasteiger partial charge in [0.25, 0.3) is 5.91 Å². The minimum atomic E-state index is -4.83. The standard InChI is InChI=1S/C28H24F4N4O.ClH/c1-35(27(37)23-12-11-19(29)17-24(23)28(30,31)32)20-13-15-36(16-14-20)26-22-10-6-5-9-21(22)25(33-34-26)18-7-3-2-4-8-18;/h2-12,17,20H,13-16H2,1H3;1H. The minimum absolute atomic E-state index is 0. The number of halogens is 5. The van der Waals surface area contributed by atoms with Crippen LogP contribution in [0.15, 0.2) is 72.8 Å². The number of piperidine rings is 1. The topological polar surface area (TPSA) is 49.3 Å². The van der Waals surface area contributed by atoms with E-state index >= 15 is 0 Å². The number of amides is 1. The zero-order chi connectivity index (χ0) is 26.2. The largest absolute Gasteiger partial charge is 0.417 e. The zero-order valence-electron chi connectivity index (χ0n) is 20.5. The molecule has 0 aliphatic carbocycles. The molecule has 1 fully saturated rings. The molecule has 0 radical (unpaired) electrons. The number of hydrogen-bond acceptors (Lipinski definition) is 4. The van der Waals surface area contributed by atoms with E-state index < -0.39 is 29.0 Å². The molecule has 1 aliphatic heterocycles. The first-order valence-electron chi connectivity index (χ1n) is 11.9. The monoisotopic (exact) mass is 544 g/mol. The number of hydrogen-bond donors (Lipinski definition) is 0. The van der Waals surface area contributed by atoms with Gasteiger partial charge in [-0.2, -0.15) is 13.2 Å². The second-order valence-corrected chi connectivity index (χ2v) is 9.11. The molecule has 0 spiro atoms. The first-order chi connectivity index (χ1) is 17.7. The molecule has 0 atom stereocenters. The summed E-state index contributed by atoms with van der Waals surface area (Å²) < 4.78 is 53.8. The van der Waals surface area contributed by atoms with Crippen molar-refractivity contribution in [2.75, 3.05) is 25.0 Å². The summed E-state index contributed by atoms with van der Waals surface area (Å²) in [5, 5.41) is 11.0. The Morgan fingerprint density at radius 3 is 2.21 bits per heavy atom. The van der Waals surface area contributed by atoms with Crippen molar-refractivity contribution in [3.05, 3.63) is 89.7 Å². The Bertz CT molecular complexity index is 1440. The Morgan fingerprint density at radius 1 is 0.921 bits per heavy atom. The van der Waals surface area contributed by atoms with Crippen molar-refractivity contribution in [1.29, 1.82) is 0 Å². The summed E-state index contributed by atoms with van der Waals surface area (Å²) in [6.07, 6.45) is -3.74. The number of carbonyl (C=O) groups is 1. The molecule has 1 aliphatic rings. The Balaban J connectivity index is 0.00000336. The summed E-state index contributed by atoms with van der Waals surface area (Å²) in [6, 6.07) is 19.6. The van der Waals surface area contributed by atoms with E-state index in [9.17, 15) is 22.4 Å². The second kappa shape index (κ2) is 10.9. The maximum absolute atomic E-state index is 13.5. The van der Waals surface area contributed by atoms with E-state index in [0.29, 0.717) is 32.0 Å². The molecule has 0 unspecified atom stereocenters. The number of nitrogens with zero attached hydrogens (tertiary/aromatic N) is 4. The van der Waals surface area contributed by atoms with E-state index in [0.717, 1.165) is 40.0 Å². The summed E-state index contributed by atoms with van der Waals surface area (Å²) in [6.45, 7) is 1.11. The number of carbonyl (C=O) groups excluding carboxylic acids is 1. The van der Waals surface area contributed by atoms with Crippen molar-refractivity contribution in [1.82, 2.24) is 15.1 Å². The number of alkyl halides is 3. The van der Waals surface area contributed by atoms with E-state index in [1.807, 2.05) is 54.6 Å². The molecular weight excluding hydrogens is 520 g/mol. The first kappa shape index (κ1) is 27.3. The third kappa shape index (κ3) is 5.29. The van der Waals surface area contributed by atoms with Crippen LogP contribution in [0.25, 0.3) is 22.0 Å². The lowest BCUT2D eigenvalue weighted by Gasteiger charge is -2.37. The maximum atomic E-state index is 13.5. The molecule has 0 bridgehead atoms. The van der Waals surface area contributed by atoms with Crippen molar-refractivity contribution in [2.24, 2.45) is 0 Å². The van der Waals surface area contributed by atoms with Crippen LogP contribution in [0, 0.1) is 5.82 Å². The third-order valence-corrected chi connectivity index (χ3v) is 6.86. The minimum Gasteiger partial charge on any atom is -0.354 e. The average molecular weight is 545 g/mol. The van der Waals surface area contributed by atoms with E-state index in [-0.39, 0.29) is 18.4 Å². The molecule has 0 N–H and O–H groups in total. The van der Waals surface area contributed by atoms with Gasteiger partial charge in [0, 0.05) is 42.5 Å². The number of aromatic nitrogens is 2. The highest BCUT2D eigenvalue weighted by atomic mass is 35.5. The van der Waals surface area contributed by atoms with Gasteiger partial charge in [-0.15, -0.1) is 22.6 Å². The number of rotatable bonds is 4. The molecule has 1 aromatic heterocycles. The van der Waals surface area contributed by atoms with Crippen molar-refractivity contribution < 1.29 is 22.4 Å². The fourth-order valence-corrected chi connectivity index (χ4v) is 4.89. The molecule has 4 aromatic rings. The van der Waals surface area contributed by atoms with Crippen LogP contribution in [-0.2, 0) is 6.18 Å². The smallest absolute Gasteiger partial charge is 0.354 e. The Kier molecular flexibility index (Phi) is 7.87. The highest BCUT2D eigenvalue weighted by molar-refractivity contribution is 6.00. The molecule has 5 nitrogen and oxygen atoms in total. The van der Waals surface area contributed by atoms with Gasteiger partial charge in [-0.3, -0.25) is 4.79 Å². The van der Waals surface area contributed by atoms with Gasteiger partial charge in [-0.1, -0.05) is 54.6 Å². The molecule has 1 amide bonds. The van der Waals surface area contributed by atoms with Crippen LogP contribution in [0.2, 0.25) is 0 Å². The fourth-order valence-electron chi connectivity index (χ4n) is 4.89. The second-order valence-electron chi connectivity index (χ2n) is 9.11.